The molecule has 0 aliphatic rings. The first kappa shape index (κ1) is 15.0. The van der Waals surface area contributed by atoms with E-state index >= 15 is 0 Å². The number of hydrogen-bond donors (Lipinski definition) is 1. The van der Waals surface area contributed by atoms with E-state index in [4.69, 9.17) is 0 Å². The monoisotopic (exact) mass is 285 g/mol. The minimum absolute atomic E-state index is 0.311. The summed E-state index contributed by atoms with van der Waals surface area (Å²) in [7, 11) is 0. The molecule has 0 amide bonds. The summed E-state index contributed by atoms with van der Waals surface area (Å²) in [4.78, 5) is 1.31. The van der Waals surface area contributed by atoms with Gasteiger partial charge in [0.15, 0.2) is 0 Å². The third kappa shape index (κ3) is 3.37. The van der Waals surface area contributed by atoms with Crippen LogP contribution < -0.4 is 5.32 Å². The second kappa shape index (κ2) is 6.36. The molecule has 1 N–H and O–H groups in total. The Balaban J connectivity index is 2.20. The lowest BCUT2D eigenvalue weighted by molar-refractivity contribution is 0.878. The molecule has 2 rings (SSSR count). The molecule has 0 heterocycles. The van der Waals surface area contributed by atoms with Crippen LogP contribution in [0.15, 0.2) is 41.3 Å². The molecule has 0 aliphatic heterocycles. The molecule has 0 aliphatic carbocycles. The fraction of sp³-hybridized carbons (Fsp3) is 0.333. The molecule has 0 radical (unpaired) electrons. The third-order valence-corrected chi connectivity index (χ3v) is 4.40. The van der Waals surface area contributed by atoms with Crippen molar-refractivity contribution >= 4 is 17.4 Å². The molecule has 1 unspecified atom stereocenters. The molecule has 0 saturated heterocycles. The van der Waals surface area contributed by atoms with Gasteiger partial charge in [0, 0.05) is 16.6 Å². The number of benzene rings is 2. The second-order valence-corrected chi connectivity index (χ2v) is 6.29. The van der Waals surface area contributed by atoms with Crippen molar-refractivity contribution in [2.45, 2.75) is 38.6 Å². The maximum absolute atomic E-state index is 3.65. The van der Waals surface area contributed by atoms with Crippen molar-refractivity contribution in [2.24, 2.45) is 0 Å². The van der Waals surface area contributed by atoms with E-state index in [1.165, 1.54) is 32.8 Å². The Morgan fingerprint density at radius 3 is 2.00 bits per heavy atom. The number of thioether (sulfide) groups is 1. The van der Waals surface area contributed by atoms with E-state index in [1.54, 1.807) is 11.8 Å². The zero-order valence-electron chi connectivity index (χ0n) is 12.9. The summed E-state index contributed by atoms with van der Waals surface area (Å²) < 4.78 is 0. The zero-order chi connectivity index (χ0) is 14.7. The summed E-state index contributed by atoms with van der Waals surface area (Å²) in [6.07, 6.45) is 2.11. The van der Waals surface area contributed by atoms with Crippen LogP contribution in [-0.4, -0.2) is 6.26 Å². The summed E-state index contributed by atoms with van der Waals surface area (Å²) >= 11 is 1.78. The number of rotatable bonds is 4. The van der Waals surface area contributed by atoms with Crippen molar-refractivity contribution in [3.05, 3.63) is 58.7 Å². The Kier molecular flexibility index (Phi) is 4.77. The molecule has 0 aromatic heterocycles. The molecule has 0 saturated carbocycles. The number of nitrogens with one attached hydrogen (secondary N) is 1. The van der Waals surface area contributed by atoms with Gasteiger partial charge in [0.25, 0.3) is 0 Å². The van der Waals surface area contributed by atoms with E-state index in [-0.39, 0.29) is 0 Å². The van der Waals surface area contributed by atoms with Gasteiger partial charge < -0.3 is 5.32 Å². The highest BCUT2D eigenvalue weighted by Gasteiger charge is 2.09. The van der Waals surface area contributed by atoms with Gasteiger partial charge in [-0.2, -0.15) is 0 Å². The van der Waals surface area contributed by atoms with Crippen molar-refractivity contribution in [1.29, 1.82) is 0 Å². The maximum Gasteiger partial charge on any atom is 0.0485 e. The van der Waals surface area contributed by atoms with Crippen LogP contribution in [0.3, 0.4) is 0 Å². The average Bonchev–Trinajstić information content (AvgIpc) is 2.42. The van der Waals surface area contributed by atoms with Gasteiger partial charge in [-0.15, -0.1) is 11.8 Å². The zero-order valence-corrected chi connectivity index (χ0v) is 13.8. The first-order valence-corrected chi connectivity index (χ1v) is 8.22. The van der Waals surface area contributed by atoms with Gasteiger partial charge in [-0.05, 0) is 62.8 Å². The highest BCUT2D eigenvalue weighted by Crippen LogP contribution is 2.27. The van der Waals surface area contributed by atoms with Gasteiger partial charge in [-0.25, -0.2) is 0 Å². The lowest BCUT2D eigenvalue weighted by atomic mass is 10.0. The van der Waals surface area contributed by atoms with E-state index in [2.05, 4.69) is 75.7 Å². The molecule has 1 nitrogen and oxygen atoms in total. The second-order valence-electron chi connectivity index (χ2n) is 5.41. The summed E-state index contributed by atoms with van der Waals surface area (Å²) in [5, 5.41) is 3.65. The molecule has 1 atom stereocenters. The topological polar surface area (TPSA) is 12.0 Å². The van der Waals surface area contributed by atoms with E-state index in [0.717, 1.165) is 0 Å². The average molecular weight is 285 g/mol. The predicted octanol–water partition coefficient (Wildman–Crippen LogP) is 5.51. The molecule has 0 spiro atoms. The predicted molar refractivity (Wildman–Crippen MR) is 90.9 cm³/mol. The Bertz CT molecular complexity index is 564. The molecular weight excluding hydrogens is 262 g/mol. The number of hydrogen-bond acceptors (Lipinski definition) is 2. The molecule has 106 valence electrons. The van der Waals surface area contributed by atoms with Crippen molar-refractivity contribution < 1.29 is 0 Å². The highest BCUT2D eigenvalue weighted by atomic mass is 32.2. The van der Waals surface area contributed by atoms with Crippen LogP contribution in [0.5, 0.6) is 0 Å². The molecular formula is C18H23NS. The first-order chi connectivity index (χ1) is 9.51. The van der Waals surface area contributed by atoms with Gasteiger partial charge in [-0.1, -0.05) is 29.8 Å². The minimum atomic E-state index is 0.311. The van der Waals surface area contributed by atoms with Crippen LogP contribution in [0, 0.1) is 20.8 Å². The summed E-state index contributed by atoms with van der Waals surface area (Å²) in [5.74, 6) is 0. The van der Waals surface area contributed by atoms with Crippen LogP contribution in [-0.2, 0) is 0 Å². The maximum atomic E-state index is 3.65. The standard InChI is InChI=1S/C18H23NS/c1-12-10-13(2)18(14(3)11-12)19-15(4)16-6-8-17(20-5)9-7-16/h6-11,15,19H,1-5H3. The SMILES string of the molecule is CSc1ccc(C(C)Nc2c(C)cc(C)cc2C)cc1. The fourth-order valence-corrected chi connectivity index (χ4v) is 3.01. The van der Waals surface area contributed by atoms with Crippen molar-refractivity contribution in [3.8, 4) is 0 Å². The van der Waals surface area contributed by atoms with Crippen LogP contribution in [0.25, 0.3) is 0 Å². The van der Waals surface area contributed by atoms with Crippen molar-refractivity contribution in [3.63, 3.8) is 0 Å². The van der Waals surface area contributed by atoms with Crippen molar-refractivity contribution in [2.75, 3.05) is 11.6 Å². The Hall–Kier alpha value is -1.41. The van der Waals surface area contributed by atoms with Crippen LogP contribution in [0.1, 0.15) is 35.2 Å². The largest absolute Gasteiger partial charge is 0.378 e. The quantitative estimate of drug-likeness (QED) is 0.744. The molecule has 2 heteroatoms. The van der Waals surface area contributed by atoms with Gasteiger partial charge >= 0.3 is 0 Å². The number of aryl methyl sites for hydroxylation is 3. The Labute approximate surface area is 126 Å². The number of anilines is 1. The van der Waals surface area contributed by atoms with Gasteiger partial charge in [0.05, 0.1) is 0 Å². The van der Waals surface area contributed by atoms with Gasteiger partial charge in [0.1, 0.15) is 0 Å². The van der Waals surface area contributed by atoms with Crippen LogP contribution >= 0.6 is 11.8 Å². The fourth-order valence-electron chi connectivity index (χ4n) is 2.60. The highest BCUT2D eigenvalue weighted by molar-refractivity contribution is 7.98. The normalized spacial score (nSPS) is 12.2. The Morgan fingerprint density at radius 2 is 1.50 bits per heavy atom. The van der Waals surface area contributed by atoms with Gasteiger partial charge in [0.2, 0.25) is 0 Å². The van der Waals surface area contributed by atoms with Crippen LogP contribution in [0.2, 0.25) is 0 Å². The van der Waals surface area contributed by atoms with E-state index in [9.17, 15) is 0 Å². The molecule has 0 fully saturated rings. The lowest BCUT2D eigenvalue weighted by Crippen LogP contribution is -2.09. The van der Waals surface area contributed by atoms with Crippen molar-refractivity contribution in [1.82, 2.24) is 0 Å². The van der Waals surface area contributed by atoms with Gasteiger partial charge in [-0.3, -0.25) is 0 Å². The summed E-state index contributed by atoms with van der Waals surface area (Å²) in [5.41, 5.74) is 6.53. The minimum Gasteiger partial charge on any atom is -0.378 e. The molecule has 0 bridgehead atoms. The third-order valence-electron chi connectivity index (χ3n) is 3.65. The van der Waals surface area contributed by atoms with Crippen LogP contribution in [0.4, 0.5) is 5.69 Å². The lowest BCUT2D eigenvalue weighted by Gasteiger charge is -2.20. The summed E-state index contributed by atoms with van der Waals surface area (Å²) in [6.45, 7) is 8.71. The van der Waals surface area contributed by atoms with E-state index < -0.39 is 0 Å². The first-order valence-electron chi connectivity index (χ1n) is 6.99. The van der Waals surface area contributed by atoms with E-state index in [0.29, 0.717) is 6.04 Å². The summed E-state index contributed by atoms with van der Waals surface area (Å²) in [6, 6.07) is 13.6. The molecule has 2 aromatic carbocycles. The Morgan fingerprint density at radius 1 is 0.950 bits per heavy atom. The molecule has 2 aromatic rings. The smallest absolute Gasteiger partial charge is 0.0485 e. The molecule has 20 heavy (non-hydrogen) atoms. The van der Waals surface area contributed by atoms with E-state index in [1.807, 2.05) is 0 Å².